The van der Waals surface area contributed by atoms with Crippen LogP contribution in [-0.2, 0) is 21.2 Å². The number of carbonyl (C=O) groups is 1. The van der Waals surface area contributed by atoms with Crippen LogP contribution in [0, 0.1) is 23.2 Å². The molecule has 0 unspecified atom stereocenters. The van der Waals surface area contributed by atoms with Crippen LogP contribution in [0.1, 0.15) is 57.4 Å². The topological polar surface area (TPSA) is 83.5 Å². The fraction of sp³-hybridized carbons (Fsp3) is 0.667. The van der Waals surface area contributed by atoms with Crippen molar-refractivity contribution in [1.29, 1.82) is 0 Å². The fourth-order valence-corrected chi connectivity index (χ4v) is 7.61. The van der Waals surface area contributed by atoms with Gasteiger partial charge in [0.05, 0.1) is 4.90 Å². The zero-order valence-electron chi connectivity index (χ0n) is 15.9. The van der Waals surface area contributed by atoms with E-state index in [9.17, 15) is 18.3 Å². The van der Waals surface area contributed by atoms with Crippen molar-refractivity contribution >= 4 is 16.0 Å². The third-order valence-electron chi connectivity index (χ3n) is 6.99. The number of hydrogen-bond acceptors (Lipinski definition) is 3. The summed E-state index contributed by atoms with van der Waals surface area (Å²) in [6.07, 6.45) is 8.00. The number of carboxylic acid groups (broad SMARTS) is 1. The predicted octanol–water partition coefficient (Wildman–Crippen LogP) is 3.59. The van der Waals surface area contributed by atoms with E-state index < -0.39 is 27.4 Å². The number of hydrogen-bond donors (Lipinski definition) is 2. The van der Waals surface area contributed by atoms with E-state index >= 15 is 0 Å². The predicted molar refractivity (Wildman–Crippen MR) is 103 cm³/mol. The molecule has 5 nitrogen and oxygen atoms in total. The van der Waals surface area contributed by atoms with E-state index in [2.05, 4.69) is 11.6 Å². The van der Waals surface area contributed by atoms with Crippen molar-refractivity contribution in [3.8, 4) is 0 Å². The minimum absolute atomic E-state index is 0.151. The molecule has 4 fully saturated rings. The molecule has 27 heavy (non-hydrogen) atoms. The quantitative estimate of drug-likeness (QED) is 0.744. The zero-order valence-corrected chi connectivity index (χ0v) is 16.7. The van der Waals surface area contributed by atoms with Crippen LogP contribution in [0.25, 0.3) is 0 Å². The first-order chi connectivity index (χ1) is 12.8. The summed E-state index contributed by atoms with van der Waals surface area (Å²) in [4.78, 5) is 12.3. The summed E-state index contributed by atoms with van der Waals surface area (Å²) < 4.78 is 28.5. The lowest BCUT2D eigenvalue weighted by Gasteiger charge is -2.58. The molecule has 0 aromatic heterocycles. The summed E-state index contributed by atoms with van der Waals surface area (Å²) in [5.41, 5.74) is 0.669. The van der Waals surface area contributed by atoms with Crippen molar-refractivity contribution in [3.05, 3.63) is 29.8 Å². The van der Waals surface area contributed by atoms with Gasteiger partial charge in [0.1, 0.15) is 6.04 Å². The van der Waals surface area contributed by atoms with Gasteiger partial charge in [-0.15, -0.1) is 0 Å². The third kappa shape index (κ3) is 3.54. The maximum atomic E-state index is 12.9. The molecule has 5 rings (SSSR count). The minimum Gasteiger partial charge on any atom is -0.480 e. The van der Waals surface area contributed by atoms with Gasteiger partial charge in [-0.2, -0.15) is 4.72 Å². The molecule has 0 amide bonds. The van der Waals surface area contributed by atoms with Crippen molar-refractivity contribution < 1.29 is 18.3 Å². The van der Waals surface area contributed by atoms with Crippen molar-refractivity contribution in [2.24, 2.45) is 23.2 Å². The molecule has 6 heteroatoms. The second-order valence-corrected chi connectivity index (χ2v) is 10.8. The summed E-state index contributed by atoms with van der Waals surface area (Å²) >= 11 is 0. The number of nitrogens with one attached hydrogen (secondary N) is 1. The van der Waals surface area contributed by atoms with Gasteiger partial charge >= 0.3 is 5.97 Å². The van der Waals surface area contributed by atoms with E-state index in [0.29, 0.717) is 17.8 Å². The Labute approximate surface area is 161 Å². The van der Waals surface area contributed by atoms with Crippen LogP contribution in [-0.4, -0.2) is 25.5 Å². The average Bonchev–Trinajstić information content (AvgIpc) is 2.59. The molecule has 1 atom stereocenters. The molecule has 0 spiro atoms. The first-order valence-corrected chi connectivity index (χ1v) is 11.6. The Morgan fingerprint density at radius 3 is 2.07 bits per heavy atom. The minimum atomic E-state index is -3.86. The van der Waals surface area contributed by atoms with Gasteiger partial charge in [-0.05, 0) is 85.8 Å². The van der Waals surface area contributed by atoms with Crippen LogP contribution in [0.5, 0.6) is 0 Å². The van der Waals surface area contributed by atoms with Gasteiger partial charge in [-0.1, -0.05) is 25.5 Å². The van der Waals surface area contributed by atoms with Crippen LogP contribution in [0.4, 0.5) is 0 Å². The molecule has 4 bridgehead atoms. The molecule has 0 heterocycles. The molecule has 0 saturated heterocycles. The maximum Gasteiger partial charge on any atom is 0.322 e. The van der Waals surface area contributed by atoms with Gasteiger partial charge in [0.15, 0.2) is 0 Å². The number of benzene rings is 1. The van der Waals surface area contributed by atoms with Crippen LogP contribution < -0.4 is 4.72 Å². The normalized spacial score (nSPS) is 33.1. The molecule has 1 aromatic rings. The highest BCUT2D eigenvalue weighted by atomic mass is 32.2. The first kappa shape index (κ1) is 18.9. The van der Waals surface area contributed by atoms with Gasteiger partial charge in [-0.3, -0.25) is 4.79 Å². The Hall–Kier alpha value is -1.40. The highest BCUT2D eigenvalue weighted by Gasteiger charge is 2.56. The molecule has 4 aliphatic carbocycles. The molecule has 4 saturated carbocycles. The van der Waals surface area contributed by atoms with Crippen molar-refractivity contribution in [2.75, 3.05) is 0 Å². The van der Waals surface area contributed by atoms with Crippen LogP contribution in [0.2, 0.25) is 0 Å². The molecule has 0 aliphatic heterocycles. The monoisotopic (exact) mass is 391 g/mol. The molecule has 148 valence electrons. The van der Waals surface area contributed by atoms with E-state index in [1.807, 2.05) is 12.1 Å². The highest BCUT2D eigenvalue weighted by molar-refractivity contribution is 7.89. The van der Waals surface area contributed by atoms with Crippen molar-refractivity contribution in [2.45, 2.75) is 69.2 Å². The Balaban J connectivity index is 1.59. The first-order valence-electron chi connectivity index (χ1n) is 10.2. The Morgan fingerprint density at radius 1 is 1.11 bits per heavy atom. The molecular weight excluding hydrogens is 362 g/mol. The Kier molecular flexibility index (Phi) is 4.83. The highest BCUT2D eigenvalue weighted by Crippen LogP contribution is 2.61. The standard InChI is InChI=1S/C21H29NO4S/c1-2-3-14-4-6-18(7-5-14)27(25,26)22-19(20(23)24)21-11-15-8-16(12-21)10-17(9-15)13-21/h4-7,15-17,19,22H,2-3,8-13H2,1H3,(H,23,24)/t15?,16?,17?,19-,21?/m0/s1. The average molecular weight is 392 g/mol. The van der Waals surface area contributed by atoms with Gasteiger partial charge in [0, 0.05) is 0 Å². The smallest absolute Gasteiger partial charge is 0.322 e. The second kappa shape index (κ2) is 6.89. The number of sulfonamides is 1. The second-order valence-electron chi connectivity index (χ2n) is 9.07. The lowest BCUT2D eigenvalue weighted by atomic mass is 9.48. The summed E-state index contributed by atoms with van der Waals surface area (Å²) in [6.45, 7) is 2.08. The van der Waals surface area contributed by atoms with Crippen molar-refractivity contribution in [1.82, 2.24) is 4.72 Å². The summed E-state index contributed by atoms with van der Waals surface area (Å²) in [5, 5.41) is 9.93. The summed E-state index contributed by atoms with van der Waals surface area (Å²) in [6, 6.07) is 5.78. The van der Waals surface area contributed by atoms with Gasteiger partial charge < -0.3 is 5.11 Å². The number of carboxylic acids is 1. The van der Waals surface area contributed by atoms with Crippen LogP contribution in [0.15, 0.2) is 29.2 Å². The fourth-order valence-electron chi connectivity index (χ4n) is 6.32. The molecule has 4 aliphatic rings. The Bertz CT molecular complexity index is 780. The largest absolute Gasteiger partial charge is 0.480 e. The molecular formula is C21H29NO4S. The number of aryl methyl sites for hydroxylation is 1. The lowest BCUT2D eigenvalue weighted by Crippen LogP contribution is -2.59. The van der Waals surface area contributed by atoms with E-state index in [1.54, 1.807) is 12.1 Å². The lowest BCUT2D eigenvalue weighted by molar-refractivity contribution is -0.150. The van der Waals surface area contributed by atoms with E-state index in [1.165, 1.54) is 19.3 Å². The van der Waals surface area contributed by atoms with E-state index in [0.717, 1.165) is 37.7 Å². The molecule has 1 aromatic carbocycles. The summed E-state index contributed by atoms with van der Waals surface area (Å²) in [5.74, 6) is 0.658. The molecule has 0 radical (unpaired) electrons. The maximum absolute atomic E-state index is 12.9. The van der Waals surface area contributed by atoms with Crippen molar-refractivity contribution in [3.63, 3.8) is 0 Å². The zero-order chi connectivity index (χ0) is 19.2. The SMILES string of the molecule is CCCc1ccc(S(=O)(=O)N[C@@H](C(=O)O)C23CC4CC(CC(C4)C2)C3)cc1. The number of rotatable bonds is 7. The van der Waals surface area contributed by atoms with Gasteiger partial charge in [0.2, 0.25) is 10.0 Å². The Morgan fingerprint density at radius 2 is 1.63 bits per heavy atom. The molecule has 2 N–H and O–H groups in total. The summed E-state index contributed by atoms with van der Waals surface area (Å²) in [7, 11) is -3.86. The van der Waals surface area contributed by atoms with Crippen LogP contribution in [0.3, 0.4) is 0 Å². The van der Waals surface area contributed by atoms with Gasteiger partial charge in [-0.25, -0.2) is 8.42 Å². The van der Waals surface area contributed by atoms with E-state index in [-0.39, 0.29) is 4.90 Å². The third-order valence-corrected chi connectivity index (χ3v) is 8.43. The van der Waals surface area contributed by atoms with E-state index in [4.69, 9.17) is 0 Å². The van der Waals surface area contributed by atoms with Crippen LogP contribution >= 0.6 is 0 Å². The van der Waals surface area contributed by atoms with Gasteiger partial charge in [0.25, 0.3) is 0 Å². The number of aliphatic carboxylic acids is 1.